The predicted octanol–water partition coefficient (Wildman–Crippen LogP) is 5.42. The smallest absolute Gasteiger partial charge is 0.431 e. The lowest BCUT2D eigenvalue weighted by Gasteiger charge is -2.37. The van der Waals surface area contributed by atoms with E-state index in [1.54, 1.807) is 54.4 Å². The van der Waals surface area contributed by atoms with Crippen molar-refractivity contribution in [3.8, 4) is 11.5 Å². The molecule has 4 rings (SSSR count). The Hall–Kier alpha value is -4.09. The van der Waals surface area contributed by atoms with Crippen molar-refractivity contribution in [3.05, 3.63) is 60.1 Å². The highest BCUT2D eigenvalue weighted by atomic mass is 19.4. The molecule has 0 atom stereocenters. The predicted molar refractivity (Wildman–Crippen MR) is 140 cm³/mol. The van der Waals surface area contributed by atoms with Gasteiger partial charge in [0.05, 0.1) is 11.9 Å². The largest absolute Gasteiger partial charge is 0.452 e. The van der Waals surface area contributed by atoms with Crippen LogP contribution in [0, 0.1) is 0 Å². The van der Waals surface area contributed by atoms with Crippen LogP contribution in [0.3, 0.4) is 0 Å². The molecule has 0 bridgehead atoms. The average molecular weight is 545 g/mol. The van der Waals surface area contributed by atoms with Crippen molar-refractivity contribution in [2.24, 2.45) is 0 Å². The topological polar surface area (TPSA) is 104 Å². The van der Waals surface area contributed by atoms with E-state index in [1.165, 1.54) is 6.20 Å². The summed E-state index contributed by atoms with van der Waals surface area (Å²) in [6.07, 6.45) is -0.00988. The molecule has 3 aromatic rings. The number of aromatic nitrogens is 2. The number of nitrogens with zero attached hydrogens (tertiary/aromatic N) is 4. The van der Waals surface area contributed by atoms with E-state index in [4.69, 9.17) is 4.42 Å². The number of unbranched alkanes of at least 4 members (excludes halogenated alkanes) is 1. The first kappa shape index (κ1) is 27.9. The molecule has 1 fully saturated rings. The maximum absolute atomic E-state index is 13.6. The summed E-state index contributed by atoms with van der Waals surface area (Å²) in [6, 6.07) is 11.4. The number of carbonyl (C=O) groups is 2. The maximum Gasteiger partial charge on any atom is 0.452 e. The highest BCUT2D eigenvalue weighted by Gasteiger charge is 2.42. The van der Waals surface area contributed by atoms with Gasteiger partial charge in [-0.3, -0.25) is 4.79 Å². The van der Waals surface area contributed by atoms with Gasteiger partial charge in [-0.25, -0.2) is 14.8 Å². The molecular formula is C27H31F3N6O3. The summed E-state index contributed by atoms with van der Waals surface area (Å²) in [5.41, 5.74) is -0.310. The number of hydrogen-bond donors (Lipinski definition) is 2. The first-order valence-corrected chi connectivity index (χ1v) is 12.8. The van der Waals surface area contributed by atoms with E-state index in [-0.39, 0.29) is 23.7 Å². The number of urea groups is 1. The van der Waals surface area contributed by atoms with Gasteiger partial charge in [0.15, 0.2) is 5.69 Å². The van der Waals surface area contributed by atoms with E-state index in [0.29, 0.717) is 31.0 Å². The molecule has 1 aliphatic rings. The van der Waals surface area contributed by atoms with Gasteiger partial charge in [0.25, 0.3) is 5.91 Å². The lowest BCUT2D eigenvalue weighted by atomic mass is 10.0. The summed E-state index contributed by atoms with van der Waals surface area (Å²) in [5, 5.41) is 5.36. The number of carbonyl (C=O) groups excluding carboxylic acids is 2. The molecule has 1 aliphatic heterocycles. The van der Waals surface area contributed by atoms with Crippen molar-refractivity contribution >= 4 is 23.4 Å². The Kier molecular flexibility index (Phi) is 8.72. The second-order valence-corrected chi connectivity index (χ2v) is 9.33. The Morgan fingerprint density at radius 1 is 1.13 bits per heavy atom. The maximum atomic E-state index is 13.6. The van der Waals surface area contributed by atoms with Crippen molar-refractivity contribution in [1.82, 2.24) is 20.2 Å². The number of anilines is 2. The van der Waals surface area contributed by atoms with Crippen molar-refractivity contribution in [2.45, 2.75) is 44.8 Å². The minimum Gasteiger partial charge on any atom is -0.431 e. The fourth-order valence-electron chi connectivity index (χ4n) is 4.35. The van der Waals surface area contributed by atoms with E-state index in [1.807, 2.05) is 0 Å². The number of nitrogens with one attached hydrogen (secondary N) is 2. The minimum atomic E-state index is -4.90. The van der Waals surface area contributed by atoms with E-state index in [0.717, 1.165) is 25.7 Å². The highest BCUT2D eigenvalue weighted by molar-refractivity contribution is 6.04. The number of alkyl halides is 3. The van der Waals surface area contributed by atoms with Crippen LogP contribution in [-0.4, -0.2) is 59.5 Å². The van der Waals surface area contributed by atoms with Crippen LogP contribution in [-0.2, 0) is 6.18 Å². The second kappa shape index (κ2) is 12.2. The third kappa shape index (κ3) is 6.87. The molecule has 9 nitrogen and oxygen atoms in total. The van der Waals surface area contributed by atoms with Gasteiger partial charge >= 0.3 is 12.2 Å². The summed E-state index contributed by atoms with van der Waals surface area (Å²) >= 11 is 0. The van der Waals surface area contributed by atoms with Crippen molar-refractivity contribution in [2.75, 3.05) is 36.9 Å². The fourth-order valence-corrected chi connectivity index (χ4v) is 4.35. The molecule has 0 radical (unpaired) electrons. The van der Waals surface area contributed by atoms with Crippen molar-refractivity contribution < 1.29 is 27.2 Å². The molecular weight excluding hydrogens is 513 g/mol. The SMILES string of the molecule is CCCCNC(=O)N(C)C1CCN(c2ccc(NC(=O)c3nc(-c4ccccc4)oc3C(F)(F)F)cn2)CC1. The molecule has 3 heterocycles. The number of amides is 3. The Bertz CT molecular complexity index is 1260. The lowest BCUT2D eigenvalue weighted by molar-refractivity contribution is -0.153. The molecule has 3 amide bonds. The Morgan fingerprint density at radius 2 is 1.85 bits per heavy atom. The Morgan fingerprint density at radius 3 is 2.46 bits per heavy atom. The molecule has 0 unspecified atom stereocenters. The molecule has 0 spiro atoms. The zero-order valence-electron chi connectivity index (χ0n) is 21.8. The van der Waals surface area contributed by atoms with Crippen LogP contribution >= 0.6 is 0 Å². The molecule has 1 saturated heterocycles. The van der Waals surface area contributed by atoms with Crippen LogP contribution in [0.1, 0.15) is 48.9 Å². The molecule has 39 heavy (non-hydrogen) atoms. The van der Waals surface area contributed by atoms with E-state index < -0.39 is 23.5 Å². The van der Waals surface area contributed by atoms with Crippen LogP contribution in [0.25, 0.3) is 11.5 Å². The van der Waals surface area contributed by atoms with Gasteiger partial charge in [-0.15, -0.1) is 0 Å². The molecule has 1 aromatic carbocycles. The van der Waals surface area contributed by atoms with Gasteiger partial charge < -0.3 is 24.9 Å². The summed E-state index contributed by atoms with van der Waals surface area (Å²) in [5.74, 6) is -2.14. The highest BCUT2D eigenvalue weighted by Crippen LogP contribution is 2.35. The van der Waals surface area contributed by atoms with Gasteiger partial charge in [-0.2, -0.15) is 13.2 Å². The minimum absolute atomic E-state index is 0.0724. The Balaban J connectivity index is 1.37. The molecule has 0 aliphatic carbocycles. The first-order chi connectivity index (χ1) is 18.7. The third-order valence-corrected chi connectivity index (χ3v) is 6.59. The number of rotatable bonds is 8. The van der Waals surface area contributed by atoms with Gasteiger partial charge in [0, 0.05) is 38.3 Å². The molecule has 2 N–H and O–H groups in total. The molecule has 12 heteroatoms. The number of oxazole rings is 1. The van der Waals surface area contributed by atoms with Crippen molar-refractivity contribution in [3.63, 3.8) is 0 Å². The van der Waals surface area contributed by atoms with E-state index in [2.05, 4.69) is 32.4 Å². The first-order valence-electron chi connectivity index (χ1n) is 12.8. The fraction of sp³-hybridized carbons (Fsp3) is 0.407. The van der Waals surface area contributed by atoms with Crippen molar-refractivity contribution in [1.29, 1.82) is 0 Å². The van der Waals surface area contributed by atoms with Gasteiger partial charge in [0.2, 0.25) is 11.7 Å². The van der Waals surface area contributed by atoms with Gasteiger partial charge in [0.1, 0.15) is 5.82 Å². The third-order valence-electron chi connectivity index (χ3n) is 6.59. The summed E-state index contributed by atoms with van der Waals surface area (Å²) in [7, 11) is 1.80. The summed E-state index contributed by atoms with van der Waals surface area (Å²) in [6.45, 7) is 4.11. The van der Waals surface area contributed by atoms with Crippen LogP contribution in [0.2, 0.25) is 0 Å². The quantitative estimate of drug-likeness (QED) is 0.367. The average Bonchev–Trinajstić information content (AvgIpc) is 3.41. The van der Waals surface area contributed by atoms with Crippen LogP contribution < -0.4 is 15.5 Å². The number of halogens is 3. The Labute approximate surface area is 224 Å². The second-order valence-electron chi connectivity index (χ2n) is 9.33. The van der Waals surface area contributed by atoms with Crippen LogP contribution in [0.4, 0.5) is 29.5 Å². The monoisotopic (exact) mass is 544 g/mol. The van der Waals surface area contributed by atoms with Crippen LogP contribution in [0.15, 0.2) is 53.1 Å². The van der Waals surface area contributed by atoms with Crippen LogP contribution in [0.5, 0.6) is 0 Å². The van der Waals surface area contributed by atoms with E-state index in [9.17, 15) is 22.8 Å². The number of benzene rings is 1. The van der Waals surface area contributed by atoms with Gasteiger partial charge in [-0.05, 0) is 43.5 Å². The molecule has 0 saturated carbocycles. The summed E-state index contributed by atoms with van der Waals surface area (Å²) in [4.78, 5) is 37.1. The van der Waals surface area contributed by atoms with Gasteiger partial charge in [-0.1, -0.05) is 31.5 Å². The zero-order valence-corrected chi connectivity index (χ0v) is 21.8. The number of piperidine rings is 1. The lowest BCUT2D eigenvalue weighted by Crippen LogP contribution is -2.49. The number of pyridine rings is 1. The standard InChI is InChI=1S/C27H31F3N6O3/c1-3-4-14-31-26(38)35(2)20-12-15-36(16-13-20)21-11-10-19(17-32-21)33-24(37)22-23(27(28,29)30)39-25(34-22)18-8-6-5-7-9-18/h5-11,17,20H,3-4,12-16H2,1-2H3,(H,31,38)(H,33,37). The summed E-state index contributed by atoms with van der Waals surface area (Å²) < 4.78 is 45.6. The zero-order chi connectivity index (χ0) is 28.0. The van der Waals surface area contributed by atoms with E-state index >= 15 is 0 Å². The number of hydrogen-bond acceptors (Lipinski definition) is 6. The molecule has 208 valence electrons. The normalized spacial score (nSPS) is 14.2. The molecule has 2 aromatic heterocycles.